The molecule has 2 aromatic carbocycles. The van der Waals surface area contributed by atoms with E-state index in [0.29, 0.717) is 18.8 Å². The summed E-state index contributed by atoms with van der Waals surface area (Å²) in [5, 5.41) is 10.1. The third kappa shape index (κ3) is 4.18. The summed E-state index contributed by atoms with van der Waals surface area (Å²) in [5.41, 5.74) is 4.46. The highest BCUT2D eigenvalue weighted by Crippen LogP contribution is 2.44. The van der Waals surface area contributed by atoms with Crippen molar-refractivity contribution in [3.63, 3.8) is 0 Å². The topological polar surface area (TPSA) is 118 Å². The maximum Gasteiger partial charge on any atom is 0.248 e. The molecular weight excluding hydrogens is 454 g/mol. The molecule has 34 heavy (non-hydrogen) atoms. The first-order chi connectivity index (χ1) is 16.4. The van der Waals surface area contributed by atoms with Gasteiger partial charge in [0.15, 0.2) is 0 Å². The Morgan fingerprint density at radius 2 is 1.85 bits per heavy atom. The predicted octanol–water partition coefficient (Wildman–Crippen LogP) is 3.10. The minimum absolute atomic E-state index is 0.0803. The van der Waals surface area contributed by atoms with Gasteiger partial charge in [0.25, 0.3) is 0 Å². The molecule has 2 aliphatic carbocycles. The molecule has 0 saturated heterocycles. The Balaban J connectivity index is 1.30. The first kappa shape index (κ1) is 22.5. The molecule has 3 aromatic rings. The number of hydrogen-bond acceptors (Lipinski definition) is 6. The number of carbonyl (C=O) groups excluding carboxylic acids is 1. The van der Waals surface area contributed by atoms with E-state index in [1.165, 1.54) is 12.1 Å². The Labute approximate surface area is 197 Å². The molecule has 1 fully saturated rings. The largest absolute Gasteiger partial charge is 0.489 e. The minimum atomic E-state index is -3.87. The Morgan fingerprint density at radius 3 is 2.62 bits per heavy atom. The highest BCUT2D eigenvalue weighted by atomic mass is 32.2. The lowest BCUT2D eigenvalue weighted by Crippen LogP contribution is -2.48. The van der Waals surface area contributed by atoms with Crippen molar-refractivity contribution in [3.05, 3.63) is 78.0 Å². The molecule has 8 nitrogen and oxygen atoms in total. The van der Waals surface area contributed by atoms with Crippen LogP contribution < -0.4 is 14.9 Å². The second-order valence-corrected chi connectivity index (χ2v) is 10.5. The molecule has 2 bridgehead atoms. The molecule has 1 saturated carbocycles. The number of sulfonamides is 1. The number of aromatic nitrogens is 1. The van der Waals surface area contributed by atoms with E-state index >= 15 is 0 Å². The van der Waals surface area contributed by atoms with E-state index < -0.39 is 27.9 Å². The summed E-state index contributed by atoms with van der Waals surface area (Å²) in [4.78, 5) is 16.7. The summed E-state index contributed by atoms with van der Waals surface area (Å²) in [6.45, 7) is 2.26. The van der Waals surface area contributed by atoms with E-state index in [0.717, 1.165) is 22.2 Å². The van der Waals surface area contributed by atoms with Crippen LogP contribution in [-0.2, 0) is 21.4 Å². The normalized spacial score (nSPS) is 23.4. The number of allylic oxidation sites excluding steroid dienone is 1. The summed E-state index contributed by atoms with van der Waals surface area (Å²) in [5.74, 6) is -0.849. The number of para-hydroxylation sites is 1. The number of pyridine rings is 1. The number of rotatable bonds is 7. The van der Waals surface area contributed by atoms with E-state index in [1.54, 1.807) is 17.6 Å². The lowest BCUT2D eigenvalue weighted by atomic mass is 9.89. The van der Waals surface area contributed by atoms with Gasteiger partial charge < -0.3 is 4.74 Å². The van der Waals surface area contributed by atoms with Crippen molar-refractivity contribution in [2.24, 2.45) is 17.8 Å². The van der Waals surface area contributed by atoms with Crippen molar-refractivity contribution < 1.29 is 23.2 Å². The zero-order chi connectivity index (χ0) is 23.9. The van der Waals surface area contributed by atoms with Crippen LogP contribution in [0, 0.1) is 24.7 Å². The summed E-state index contributed by atoms with van der Waals surface area (Å²) >= 11 is 0. The lowest BCUT2D eigenvalue weighted by Gasteiger charge is -2.27. The maximum atomic E-state index is 13.0. The van der Waals surface area contributed by atoms with Crippen LogP contribution in [0.4, 0.5) is 0 Å². The van der Waals surface area contributed by atoms with Crippen molar-refractivity contribution in [3.8, 4) is 5.75 Å². The van der Waals surface area contributed by atoms with Gasteiger partial charge in [-0.25, -0.2) is 18.6 Å². The Bertz CT molecular complexity index is 1370. The third-order valence-electron chi connectivity index (χ3n) is 6.62. The van der Waals surface area contributed by atoms with Gasteiger partial charge in [-0.3, -0.25) is 15.0 Å². The van der Waals surface area contributed by atoms with Crippen molar-refractivity contribution >= 4 is 26.8 Å². The molecule has 4 unspecified atom stereocenters. The number of hydroxylamine groups is 1. The van der Waals surface area contributed by atoms with Crippen molar-refractivity contribution in [1.82, 2.24) is 15.2 Å². The number of aryl methyl sites for hydroxylation is 1. The molecule has 1 amide bonds. The number of fused-ring (bicyclic) bond motifs is 3. The highest BCUT2D eigenvalue weighted by Gasteiger charge is 2.49. The van der Waals surface area contributed by atoms with Crippen LogP contribution >= 0.6 is 0 Å². The monoisotopic (exact) mass is 479 g/mol. The maximum absolute atomic E-state index is 13.0. The van der Waals surface area contributed by atoms with Gasteiger partial charge in [0.2, 0.25) is 15.9 Å². The van der Waals surface area contributed by atoms with Gasteiger partial charge in [0.05, 0.1) is 16.3 Å². The smallest absolute Gasteiger partial charge is 0.248 e. The molecule has 9 heteroatoms. The number of benzene rings is 2. The molecule has 5 rings (SSSR count). The molecule has 3 N–H and O–H groups in total. The van der Waals surface area contributed by atoms with Crippen LogP contribution in [0.2, 0.25) is 0 Å². The van der Waals surface area contributed by atoms with Crippen molar-refractivity contribution in [1.29, 1.82) is 0 Å². The summed E-state index contributed by atoms with van der Waals surface area (Å²) < 4.78 is 34.6. The van der Waals surface area contributed by atoms with Gasteiger partial charge in [-0.2, -0.15) is 0 Å². The van der Waals surface area contributed by atoms with Gasteiger partial charge in [-0.05, 0) is 61.6 Å². The molecule has 0 radical (unpaired) electrons. The van der Waals surface area contributed by atoms with E-state index in [2.05, 4.69) is 9.71 Å². The molecular formula is C25H25N3O5S. The number of carbonyl (C=O) groups is 1. The fraction of sp³-hybridized carbons (Fsp3) is 0.280. The average Bonchev–Trinajstić information content (AvgIpc) is 3.44. The minimum Gasteiger partial charge on any atom is -0.489 e. The summed E-state index contributed by atoms with van der Waals surface area (Å²) in [6.07, 6.45) is 4.52. The first-order valence-corrected chi connectivity index (χ1v) is 12.6. The fourth-order valence-electron chi connectivity index (χ4n) is 5.05. The Morgan fingerprint density at radius 1 is 1.12 bits per heavy atom. The lowest BCUT2D eigenvalue weighted by molar-refractivity contribution is -0.134. The van der Waals surface area contributed by atoms with E-state index in [-0.39, 0.29) is 16.7 Å². The molecule has 176 valence electrons. The highest BCUT2D eigenvalue weighted by molar-refractivity contribution is 7.89. The van der Waals surface area contributed by atoms with Crippen LogP contribution in [0.3, 0.4) is 0 Å². The SMILES string of the molecule is Cc1cc(COc2ccc(S(=O)(=O)NC3C4C=CC(C4)C3C(=O)NO)cc2)c2ccccc2n1. The standard InChI is InChI=1S/C25H25N3O5S/c1-15-12-18(21-4-2-3-5-22(21)26-15)14-33-19-8-10-20(11-9-19)34(31,32)28-24-17-7-6-16(13-17)23(24)25(29)27-30/h2-12,16-17,23-24,28,30H,13-14H2,1H3,(H,27,29). The van der Waals surface area contributed by atoms with Crippen LogP contribution in [0.5, 0.6) is 5.75 Å². The Hall–Kier alpha value is -3.27. The van der Waals surface area contributed by atoms with Gasteiger partial charge in [0.1, 0.15) is 12.4 Å². The van der Waals surface area contributed by atoms with Gasteiger partial charge in [-0.1, -0.05) is 30.4 Å². The van der Waals surface area contributed by atoms with Gasteiger partial charge in [0, 0.05) is 22.7 Å². The second-order valence-electron chi connectivity index (χ2n) is 8.80. The van der Waals surface area contributed by atoms with E-state index in [4.69, 9.17) is 9.94 Å². The zero-order valence-electron chi connectivity index (χ0n) is 18.5. The zero-order valence-corrected chi connectivity index (χ0v) is 19.3. The number of ether oxygens (including phenoxy) is 1. The molecule has 1 aromatic heterocycles. The van der Waals surface area contributed by atoms with E-state index in [1.807, 2.05) is 49.4 Å². The number of nitrogens with zero attached hydrogens (tertiary/aromatic N) is 1. The third-order valence-corrected chi connectivity index (χ3v) is 8.10. The second kappa shape index (κ2) is 8.83. The fourth-order valence-corrected chi connectivity index (χ4v) is 6.36. The number of amides is 1. The average molecular weight is 480 g/mol. The first-order valence-electron chi connectivity index (χ1n) is 11.1. The van der Waals surface area contributed by atoms with Crippen molar-refractivity contribution in [2.75, 3.05) is 0 Å². The van der Waals surface area contributed by atoms with E-state index in [9.17, 15) is 13.2 Å². The summed E-state index contributed by atoms with van der Waals surface area (Å²) in [7, 11) is -3.87. The molecule has 0 spiro atoms. The van der Waals surface area contributed by atoms with Crippen molar-refractivity contribution in [2.45, 2.75) is 30.9 Å². The van der Waals surface area contributed by atoms with Crippen LogP contribution in [0.1, 0.15) is 17.7 Å². The molecule has 4 atom stereocenters. The van der Waals surface area contributed by atoms with Crippen LogP contribution in [-0.4, -0.2) is 30.6 Å². The molecule has 1 heterocycles. The van der Waals surface area contributed by atoms with Crippen LogP contribution in [0.15, 0.2) is 71.6 Å². The van der Waals surface area contributed by atoms with Crippen LogP contribution in [0.25, 0.3) is 10.9 Å². The number of nitrogens with one attached hydrogen (secondary N) is 2. The van der Waals surface area contributed by atoms with Gasteiger partial charge in [-0.15, -0.1) is 0 Å². The molecule has 0 aliphatic heterocycles. The quantitative estimate of drug-likeness (QED) is 0.272. The van der Waals surface area contributed by atoms with Gasteiger partial charge >= 0.3 is 0 Å². The molecule has 2 aliphatic rings. The Kier molecular flexibility index (Phi) is 5.85. The summed E-state index contributed by atoms with van der Waals surface area (Å²) in [6, 6.07) is 15.4. The number of hydrogen-bond donors (Lipinski definition) is 3. The predicted molar refractivity (Wildman–Crippen MR) is 126 cm³/mol.